The summed E-state index contributed by atoms with van der Waals surface area (Å²) in [5.41, 5.74) is 1.55. The molecule has 134 valence electrons. The number of rotatable bonds is 3. The van der Waals surface area contributed by atoms with Crippen molar-refractivity contribution in [3.63, 3.8) is 0 Å². The van der Waals surface area contributed by atoms with Gasteiger partial charge in [0.25, 0.3) is 0 Å². The molecule has 0 spiro atoms. The van der Waals surface area contributed by atoms with Crippen molar-refractivity contribution < 1.29 is 17.6 Å². The number of halogens is 2. The topological polar surface area (TPSA) is 75.3 Å². The van der Waals surface area contributed by atoms with Gasteiger partial charge in [-0.15, -0.1) is 12.4 Å². The van der Waals surface area contributed by atoms with Crippen LogP contribution in [0.2, 0.25) is 0 Å². The largest absolute Gasteiger partial charge is 0.322 e. The lowest BCUT2D eigenvalue weighted by Crippen LogP contribution is -2.47. The van der Waals surface area contributed by atoms with E-state index in [1.807, 2.05) is 0 Å². The van der Waals surface area contributed by atoms with Gasteiger partial charge in [-0.25, -0.2) is 12.8 Å². The van der Waals surface area contributed by atoms with Gasteiger partial charge in [-0.1, -0.05) is 18.9 Å². The van der Waals surface area contributed by atoms with Crippen LogP contribution in [0.4, 0.5) is 10.1 Å². The summed E-state index contributed by atoms with van der Waals surface area (Å²) in [6.45, 7) is 1.29. The maximum absolute atomic E-state index is 14.6. The molecule has 2 aliphatic rings. The van der Waals surface area contributed by atoms with Crippen LogP contribution in [0.1, 0.15) is 36.8 Å². The summed E-state index contributed by atoms with van der Waals surface area (Å²) in [6.07, 6.45) is 3.63. The minimum Gasteiger partial charge on any atom is -0.322 e. The Morgan fingerprint density at radius 1 is 1.29 bits per heavy atom. The Kier molecular flexibility index (Phi) is 5.57. The lowest BCUT2D eigenvalue weighted by atomic mass is 9.99. The molecular formula is C16H22ClFN2O3S. The van der Waals surface area contributed by atoms with Crippen molar-refractivity contribution in [1.82, 2.24) is 5.32 Å². The first kappa shape index (κ1) is 19.1. The Morgan fingerprint density at radius 3 is 2.58 bits per heavy atom. The molecule has 0 bridgehead atoms. The molecule has 1 fully saturated rings. The van der Waals surface area contributed by atoms with E-state index in [4.69, 9.17) is 0 Å². The van der Waals surface area contributed by atoms with Crippen LogP contribution in [-0.4, -0.2) is 31.9 Å². The molecule has 0 radical (unpaired) electrons. The molecule has 3 rings (SSSR count). The molecular weight excluding hydrogens is 355 g/mol. The molecule has 5 nitrogen and oxygen atoms in total. The van der Waals surface area contributed by atoms with Crippen molar-refractivity contribution in [3.05, 3.63) is 29.1 Å². The number of benzene rings is 1. The molecule has 0 saturated heterocycles. The average molecular weight is 377 g/mol. The maximum Gasteiger partial charge on any atom is 0.245 e. The average Bonchev–Trinajstić information content (AvgIpc) is 3.01. The van der Waals surface area contributed by atoms with Crippen LogP contribution >= 0.6 is 12.4 Å². The van der Waals surface area contributed by atoms with Gasteiger partial charge in [0.1, 0.15) is 5.82 Å². The third kappa shape index (κ3) is 3.17. The third-order valence-corrected chi connectivity index (χ3v) is 7.00. The van der Waals surface area contributed by atoms with Gasteiger partial charge < -0.3 is 10.6 Å². The minimum atomic E-state index is -3.56. The smallest absolute Gasteiger partial charge is 0.245 e. The molecule has 24 heavy (non-hydrogen) atoms. The second-order valence-electron chi connectivity index (χ2n) is 6.42. The van der Waals surface area contributed by atoms with Gasteiger partial charge in [0, 0.05) is 12.8 Å². The fourth-order valence-corrected chi connectivity index (χ4v) is 5.00. The number of sulfone groups is 1. The van der Waals surface area contributed by atoms with Crippen LogP contribution in [0, 0.1) is 5.82 Å². The Hall–Kier alpha value is -1.18. The zero-order chi connectivity index (χ0) is 16.7. The SMILES string of the molecule is CS(=O)(=O)C1(C(=O)Nc2ccc3c(c2F)CCNC3)CCCC1.Cl. The molecule has 2 N–H and O–H groups in total. The van der Waals surface area contributed by atoms with Crippen LogP contribution in [-0.2, 0) is 27.6 Å². The number of carbonyl (C=O) groups is 1. The van der Waals surface area contributed by atoms with Gasteiger partial charge in [-0.05, 0) is 43.0 Å². The number of anilines is 1. The predicted molar refractivity (Wildman–Crippen MR) is 93.7 cm³/mol. The lowest BCUT2D eigenvalue weighted by Gasteiger charge is -2.26. The van der Waals surface area contributed by atoms with Crippen LogP contribution in [0.25, 0.3) is 0 Å². The van der Waals surface area contributed by atoms with E-state index in [2.05, 4.69) is 10.6 Å². The van der Waals surface area contributed by atoms with Crippen molar-refractivity contribution >= 4 is 33.8 Å². The normalized spacial score (nSPS) is 19.2. The van der Waals surface area contributed by atoms with E-state index in [0.29, 0.717) is 50.8 Å². The Labute approximate surface area is 147 Å². The highest BCUT2D eigenvalue weighted by Gasteiger charge is 2.50. The zero-order valence-corrected chi connectivity index (χ0v) is 15.2. The van der Waals surface area contributed by atoms with E-state index < -0.39 is 26.3 Å². The molecule has 1 saturated carbocycles. The van der Waals surface area contributed by atoms with Crippen LogP contribution in [0.15, 0.2) is 12.1 Å². The van der Waals surface area contributed by atoms with E-state index >= 15 is 0 Å². The summed E-state index contributed by atoms with van der Waals surface area (Å²) in [7, 11) is -3.56. The standard InChI is InChI=1S/C16H21FN2O3S.ClH/c1-23(21,22)16(7-2-3-8-16)15(20)19-13-5-4-11-10-18-9-6-12(11)14(13)17;/h4-5,18H,2-3,6-10H2,1H3,(H,19,20);1H. The third-order valence-electron chi connectivity index (χ3n) is 4.99. The van der Waals surface area contributed by atoms with Crippen LogP contribution in [0.3, 0.4) is 0 Å². The molecule has 0 unspecified atom stereocenters. The van der Waals surface area contributed by atoms with E-state index in [-0.39, 0.29) is 18.1 Å². The number of hydrogen-bond donors (Lipinski definition) is 2. The second kappa shape index (κ2) is 6.98. The number of carbonyl (C=O) groups excluding carboxylic acids is 1. The van der Waals surface area contributed by atoms with Crippen LogP contribution < -0.4 is 10.6 Å². The quantitative estimate of drug-likeness (QED) is 0.847. The molecule has 8 heteroatoms. The fourth-order valence-electron chi connectivity index (χ4n) is 3.58. The van der Waals surface area contributed by atoms with Crippen molar-refractivity contribution in [2.24, 2.45) is 0 Å². The molecule has 1 aromatic rings. The van der Waals surface area contributed by atoms with E-state index in [0.717, 1.165) is 11.8 Å². The molecule has 0 atom stereocenters. The molecule has 1 aliphatic carbocycles. The zero-order valence-electron chi connectivity index (χ0n) is 13.5. The molecule has 1 aliphatic heterocycles. The first-order valence-electron chi connectivity index (χ1n) is 7.87. The van der Waals surface area contributed by atoms with Gasteiger partial charge in [-0.2, -0.15) is 0 Å². The van der Waals surface area contributed by atoms with Gasteiger partial charge >= 0.3 is 0 Å². The summed E-state index contributed by atoms with van der Waals surface area (Å²) in [4.78, 5) is 12.6. The van der Waals surface area contributed by atoms with E-state index in [1.165, 1.54) is 6.07 Å². The number of hydrogen-bond acceptors (Lipinski definition) is 4. The number of amides is 1. The van der Waals surface area contributed by atoms with Gasteiger partial charge in [0.15, 0.2) is 14.6 Å². The minimum absolute atomic E-state index is 0. The van der Waals surface area contributed by atoms with Gasteiger partial charge in [0.05, 0.1) is 5.69 Å². The van der Waals surface area contributed by atoms with Crippen molar-refractivity contribution in [3.8, 4) is 0 Å². The summed E-state index contributed by atoms with van der Waals surface area (Å²) in [5.74, 6) is -1.05. The van der Waals surface area contributed by atoms with Gasteiger partial charge in [0.2, 0.25) is 5.91 Å². The lowest BCUT2D eigenvalue weighted by molar-refractivity contribution is -0.118. The molecule has 1 aromatic carbocycles. The molecule has 1 heterocycles. The Morgan fingerprint density at radius 2 is 1.96 bits per heavy atom. The van der Waals surface area contributed by atoms with Crippen molar-refractivity contribution in [1.29, 1.82) is 0 Å². The Bertz CT molecular complexity index is 746. The van der Waals surface area contributed by atoms with E-state index in [1.54, 1.807) is 6.07 Å². The maximum atomic E-state index is 14.6. The van der Waals surface area contributed by atoms with Crippen molar-refractivity contribution in [2.45, 2.75) is 43.4 Å². The number of nitrogens with one attached hydrogen (secondary N) is 2. The first-order chi connectivity index (χ1) is 10.8. The van der Waals surface area contributed by atoms with Crippen LogP contribution in [0.5, 0.6) is 0 Å². The van der Waals surface area contributed by atoms with E-state index in [9.17, 15) is 17.6 Å². The fraction of sp³-hybridized carbons (Fsp3) is 0.562. The van der Waals surface area contributed by atoms with Crippen molar-refractivity contribution in [2.75, 3.05) is 18.1 Å². The summed E-state index contributed by atoms with van der Waals surface area (Å²) >= 11 is 0. The Balaban J connectivity index is 0.00000208. The highest BCUT2D eigenvalue weighted by molar-refractivity contribution is 7.92. The summed E-state index contributed by atoms with van der Waals surface area (Å²) in [5, 5.41) is 5.70. The van der Waals surface area contributed by atoms with Gasteiger partial charge in [-0.3, -0.25) is 4.79 Å². The second-order valence-corrected chi connectivity index (χ2v) is 8.75. The highest BCUT2D eigenvalue weighted by Crippen LogP contribution is 2.38. The highest BCUT2D eigenvalue weighted by atomic mass is 35.5. The number of fused-ring (bicyclic) bond motifs is 1. The monoisotopic (exact) mass is 376 g/mol. The first-order valence-corrected chi connectivity index (χ1v) is 9.76. The summed E-state index contributed by atoms with van der Waals surface area (Å²) in [6, 6.07) is 3.30. The predicted octanol–water partition coefficient (Wildman–Crippen LogP) is 2.19. The summed E-state index contributed by atoms with van der Waals surface area (Å²) < 4.78 is 37.5. The molecule has 0 aromatic heterocycles. The molecule has 1 amide bonds.